The van der Waals surface area contributed by atoms with Gasteiger partial charge in [-0.2, -0.15) is 4.52 Å². The quantitative estimate of drug-likeness (QED) is 0.780. The Hall–Kier alpha value is 0.970. The summed E-state index contributed by atoms with van der Waals surface area (Å²) in [6.07, 6.45) is 0. The van der Waals surface area contributed by atoms with E-state index in [4.69, 9.17) is 4.52 Å². The molecule has 7 heteroatoms. The summed E-state index contributed by atoms with van der Waals surface area (Å²) in [4.78, 5) is 11.6. The molecule has 2 nitrogen and oxygen atoms in total. The Morgan fingerprint density at radius 3 is 2.36 bits per heavy atom. The van der Waals surface area contributed by atoms with E-state index < -0.39 is 8.00 Å². The third kappa shape index (κ3) is 2.55. The molecule has 1 aliphatic heterocycles. The van der Waals surface area contributed by atoms with Crippen LogP contribution in [0.5, 0.6) is 0 Å². The Morgan fingerprint density at radius 1 is 1.29 bits per heavy atom. The van der Waals surface area contributed by atoms with Gasteiger partial charge in [0.05, 0.1) is 15.0 Å². The molecule has 1 aliphatic rings. The van der Waals surface area contributed by atoms with Crippen LogP contribution in [0.15, 0.2) is 8.42 Å². The van der Waals surface area contributed by atoms with Gasteiger partial charge in [0.2, 0.25) is 0 Å². The molecule has 14 heavy (non-hydrogen) atoms. The van der Waals surface area contributed by atoms with Crippen molar-refractivity contribution < 1.29 is 9.42 Å². The standard InChI is InChI=1S/C7H9O2PS4/c1-2-9-10(8)7-13-5-6(14-7)12-4-3-11-5/h2-4H2,1H3. The zero-order valence-corrected chi connectivity index (χ0v) is 11.7. The molecular weight excluding hydrogens is 275 g/mol. The van der Waals surface area contributed by atoms with Gasteiger partial charge in [0.25, 0.3) is 11.6 Å². The average Bonchev–Trinajstić information content (AvgIpc) is 2.61. The minimum Gasteiger partial charge on any atom is -0.601 e. The van der Waals surface area contributed by atoms with E-state index in [1.807, 2.05) is 30.4 Å². The molecule has 0 aromatic carbocycles. The molecule has 78 valence electrons. The van der Waals surface area contributed by atoms with Crippen molar-refractivity contribution in [3.63, 3.8) is 0 Å². The molecule has 2 heterocycles. The summed E-state index contributed by atoms with van der Waals surface area (Å²) < 4.78 is 8.69. The van der Waals surface area contributed by atoms with Crippen LogP contribution in [0, 0.1) is 3.57 Å². The lowest BCUT2D eigenvalue weighted by molar-refractivity contribution is -0.173. The molecule has 0 N–H and O–H groups in total. The Labute approximate surface area is 100 Å². The van der Waals surface area contributed by atoms with E-state index >= 15 is 0 Å². The van der Waals surface area contributed by atoms with Crippen LogP contribution in [0.25, 0.3) is 0 Å². The Kier molecular flexibility index (Phi) is 4.37. The van der Waals surface area contributed by atoms with Crippen molar-refractivity contribution in [2.75, 3.05) is 18.1 Å². The van der Waals surface area contributed by atoms with Crippen LogP contribution in [0.1, 0.15) is 6.92 Å². The highest BCUT2D eigenvalue weighted by molar-refractivity contribution is 8.08. The normalized spacial score (nSPS) is 16.6. The second kappa shape index (κ2) is 5.34. The number of hydrogen-bond donors (Lipinski definition) is 0. The van der Waals surface area contributed by atoms with Crippen LogP contribution < -0.4 is 4.89 Å². The van der Waals surface area contributed by atoms with Crippen LogP contribution in [0.4, 0.5) is 0 Å². The Morgan fingerprint density at radius 2 is 1.86 bits per heavy atom. The lowest BCUT2D eigenvalue weighted by Crippen LogP contribution is -1.90. The van der Waals surface area contributed by atoms with E-state index in [-0.39, 0.29) is 0 Å². The molecule has 0 radical (unpaired) electrons. The van der Waals surface area contributed by atoms with Crippen molar-refractivity contribution in [2.24, 2.45) is 0 Å². The molecule has 0 spiro atoms. The summed E-state index contributed by atoms with van der Waals surface area (Å²) in [5.41, 5.74) is 0. The molecular formula is C7H9O2PS4. The van der Waals surface area contributed by atoms with E-state index in [2.05, 4.69) is 0 Å². The van der Waals surface area contributed by atoms with Gasteiger partial charge in [0.1, 0.15) is 0 Å². The lowest BCUT2D eigenvalue weighted by atomic mass is 10.9. The van der Waals surface area contributed by atoms with E-state index in [0.29, 0.717) is 6.61 Å². The van der Waals surface area contributed by atoms with Crippen LogP contribution in [-0.4, -0.2) is 18.1 Å². The first-order chi connectivity index (χ1) is 6.81. The summed E-state index contributed by atoms with van der Waals surface area (Å²) in [5, 5.41) is 0. The first kappa shape index (κ1) is 11.5. The van der Waals surface area contributed by atoms with Crippen LogP contribution in [0.2, 0.25) is 0 Å². The number of fused-ring (bicyclic) bond motifs is 1. The maximum absolute atomic E-state index is 11.6. The highest BCUT2D eigenvalue weighted by Gasteiger charge is 2.17. The van der Waals surface area contributed by atoms with Gasteiger partial charge in [-0.25, -0.2) is 0 Å². The largest absolute Gasteiger partial charge is 0.601 e. The van der Waals surface area contributed by atoms with Gasteiger partial charge in [-0.15, -0.1) is 23.5 Å². The lowest BCUT2D eigenvalue weighted by Gasteiger charge is -2.06. The predicted octanol–water partition coefficient (Wildman–Crippen LogP) is 3.25. The fourth-order valence-corrected chi connectivity index (χ4v) is 8.54. The number of thioether (sulfide) groups is 2. The fourth-order valence-electron chi connectivity index (χ4n) is 0.953. The molecule has 0 bridgehead atoms. The van der Waals surface area contributed by atoms with Crippen LogP contribution in [-0.2, 0) is 4.52 Å². The first-order valence-electron chi connectivity index (χ1n) is 4.14. The molecule has 0 saturated carbocycles. The third-order valence-electron chi connectivity index (χ3n) is 1.47. The maximum Gasteiger partial charge on any atom is 0.283 e. The monoisotopic (exact) mass is 284 g/mol. The number of hydrogen-bond acceptors (Lipinski definition) is 6. The van der Waals surface area contributed by atoms with E-state index in [1.54, 1.807) is 22.7 Å². The van der Waals surface area contributed by atoms with Crippen molar-refractivity contribution in [3.8, 4) is 0 Å². The average molecular weight is 284 g/mol. The highest BCUT2D eigenvalue weighted by Crippen LogP contribution is 2.46. The minimum absolute atomic E-state index is 0.519. The summed E-state index contributed by atoms with van der Waals surface area (Å²) >= 11 is 7.01. The Bertz CT molecular complexity index is 357. The van der Waals surface area contributed by atoms with Gasteiger partial charge in [0, 0.05) is 11.5 Å². The fraction of sp³-hybridized carbons (Fsp3) is 0.571. The van der Waals surface area contributed by atoms with Gasteiger partial charge in [-0.1, -0.05) is 22.7 Å². The van der Waals surface area contributed by atoms with Crippen LogP contribution in [0.3, 0.4) is 0 Å². The van der Waals surface area contributed by atoms with Crippen molar-refractivity contribution in [1.82, 2.24) is 0 Å². The van der Waals surface area contributed by atoms with E-state index in [0.717, 1.165) is 15.1 Å². The molecule has 0 saturated heterocycles. The highest BCUT2D eigenvalue weighted by atomic mass is 32.2. The van der Waals surface area contributed by atoms with Crippen LogP contribution >= 0.6 is 54.2 Å². The summed E-state index contributed by atoms with van der Waals surface area (Å²) in [5.74, 6) is 2.32. The smallest absolute Gasteiger partial charge is 0.283 e. The van der Waals surface area contributed by atoms with Gasteiger partial charge < -0.3 is 4.89 Å². The van der Waals surface area contributed by atoms with Gasteiger partial charge in [0.15, 0.2) is 0 Å². The van der Waals surface area contributed by atoms with Crippen molar-refractivity contribution >= 4 is 54.2 Å². The molecule has 1 aromatic heterocycles. The van der Waals surface area contributed by atoms with E-state index in [1.165, 1.54) is 8.42 Å². The number of rotatable bonds is 2. The molecule has 0 aliphatic carbocycles. The topological polar surface area (TPSA) is 32.3 Å². The van der Waals surface area contributed by atoms with Gasteiger partial charge in [-0.05, 0) is 6.92 Å². The first-order valence-corrected chi connectivity index (χ1v) is 8.92. The second-order valence-electron chi connectivity index (χ2n) is 2.42. The SMILES string of the molecule is CCO[P+]([O-])=c1sc2c(s1)SCCS2. The summed E-state index contributed by atoms with van der Waals surface area (Å²) in [6.45, 7) is 2.39. The van der Waals surface area contributed by atoms with Crippen molar-refractivity contribution in [2.45, 2.75) is 15.3 Å². The zero-order chi connectivity index (χ0) is 9.97. The molecule has 2 rings (SSSR count). The molecule has 1 unspecified atom stereocenters. The summed E-state index contributed by atoms with van der Waals surface area (Å²) in [6, 6.07) is 0. The second-order valence-corrected chi connectivity index (χ2v) is 9.27. The maximum atomic E-state index is 11.6. The molecule has 1 atom stereocenters. The van der Waals surface area contributed by atoms with Gasteiger partial charge in [-0.3, -0.25) is 0 Å². The van der Waals surface area contributed by atoms with E-state index in [9.17, 15) is 4.89 Å². The third-order valence-corrected chi connectivity index (χ3v) is 9.06. The minimum atomic E-state index is -1.59. The molecule has 0 fully saturated rings. The molecule has 1 aromatic rings. The van der Waals surface area contributed by atoms with Gasteiger partial charge >= 0.3 is 0 Å². The Balaban J connectivity index is 2.36. The summed E-state index contributed by atoms with van der Waals surface area (Å²) in [7, 11) is -1.59. The van der Waals surface area contributed by atoms with Crippen molar-refractivity contribution in [1.29, 1.82) is 0 Å². The van der Waals surface area contributed by atoms with Crippen molar-refractivity contribution in [3.05, 3.63) is 3.57 Å². The molecule has 0 amide bonds. The predicted molar refractivity (Wildman–Crippen MR) is 65.4 cm³/mol. The zero-order valence-electron chi connectivity index (χ0n) is 7.52.